The van der Waals surface area contributed by atoms with Crippen LogP contribution >= 0.6 is 11.3 Å². The van der Waals surface area contributed by atoms with E-state index in [0.717, 1.165) is 25.9 Å². The summed E-state index contributed by atoms with van der Waals surface area (Å²) in [6, 6.07) is 0. The van der Waals surface area contributed by atoms with Gasteiger partial charge >= 0.3 is 0 Å². The van der Waals surface area contributed by atoms with Crippen LogP contribution in [0.2, 0.25) is 0 Å². The van der Waals surface area contributed by atoms with Crippen LogP contribution in [0.1, 0.15) is 25.1 Å². The molecule has 0 aliphatic carbocycles. The van der Waals surface area contributed by atoms with E-state index in [2.05, 4.69) is 24.1 Å². The average Bonchev–Trinajstić information content (AvgIpc) is 2.97. The van der Waals surface area contributed by atoms with Crippen molar-refractivity contribution in [2.75, 3.05) is 24.6 Å². The molecule has 0 bridgehead atoms. The maximum atomic E-state index is 11.7. The van der Waals surface area contributed by atoms with Gasteiger partial charge in [-0.3, -0.25) is 4.98 Å². The number of hydrogen-bond acceptors (Lipinski definition) is 5. The van der Waals surface area contributed by atoms with Crippen LogP contribution in [0.4, 0.5) is 0 Å². The molecule has 1 aromatic rings. The minimum Gasteiger partial charge on any atom is -0.316 e. The third kappa shape index (κ3) is 4.82. The Morgan fingerprint density at radius 1 is 1.45 bits per heavy atom. The molecule has 2 unspecified atom stereocenters. The van der Waals surface area contributed by atoms with E-state index in [-0.39, 0.29) is 0 Å². The minimum atomic E-state index is -2.80. The maximum absolute atomic E-state index is 11.7. The second kappa shape index (κ2) is 7.00. The maximum Gasteiger partial charge on any atom is 0.150 e. The first-order valence-electron chi connectivity index (χ1n) is 7.25. The summed E-state index contributed by atoms with van der Waals surface area (Å²) in [6.07, 6.45) is 3.66. The summed E-state index contributed by atoms with van der Waals surface area (Å²) in [5.41, 5.74) is 1.85. The lowest BCUT2D eigenvalue weighted by Crippen LogP contribution is -2.32. The van der Waals surface area contributed by atoms with Crippen LogP contribution in [0.25, 0.3) is 0 Å². The number of aromatic nitrogens is 1. The predicted molar refractivity (Wildman–Crippen MR) is 83.8 cm³/mol. The van der Waals surface area contributed by atoms with Gasteiger partial charge in [-0.05, 0) is 43.7 Å². The van der Waals surface area contributed by atoms with Crippen molar-refractivity contribution in [3.8, 4) is 0 Å². The monoisotopic (exact) mass is 316 g/mol. The molecule has 0 amide bonds. The van der Waals surface area contributed by atoms with E-state index in [1.807, 2.05) is 11.7 Å². The van der Waals surface area contributed by atoms with Gasteiger partial charge in [-0.1, -0.05) is 13.8 Å². The Labute approximate surface area is 125 Å². The first kappa shape index (κ1) is 15.9. The van der Waals surface area contributed by atoms with Crippen molar-refractivity contribution in [1.82, 2.24) is 10.3 Å². The molecule has 0 spiro atoms. The fourth-order valence-electron chi connectivity index (χ4n) is 2.76. The highest BCUT2D eigenvalue weighted by Crippen LogP contribution is 2.29. The molecular formula is C14H24N2O2S2. The fraction of sp³-hybridized carbons (Fsp3) is 0.786. The molecule has 1 aliphatic heterocycles. The first-order chi connectivity index (χ1) is 9.46. The highest BCUT2D eigenvalue weighted by molar-refractivity contribution is 7.91. The molecule has 1 aliphatic rings. The molecule has 2 heterocycles. The lowest BCUT2D eigenvalue weighted by molar-refractivity contribution is 0.338. The highest BCUT2D eigenvalue weighted by atomic mass is 32.2. The van der Waals surface area contributed by atoms with Gasteiger partial charge in [-0.25, -0.2) is 8.42 Å². The van der Waals surface area contributed by atoms with Crippen LogP contribution in [-0.4, -0.2) is 38.0 Å². The number of nitrogens with one attached hydrogen (secondary N) is 1. The smallest absolute Gasteiger partial charge is 0.150 e. The van der Waals surface area contributed by atoms with Gasteiger partial charge in [0, 0.05) is 11.1 Å². The van der Waals surface area contributed by atoms with Gasteiger partial charge < -0.3 is 5.32 Å². The Hall–Kier alpha value is -0.460. The van der Waals surface area contributed by atoms with Gasteiger partial charge in [0.1, 0.15) is 0 Å². The van der Waals surface area contributed by atoms with Crippen molar-refractivity contribution >= 4 is 21.2 Å². The van der Waals surface area contributed by atoms with E-state index < -0.39 is 9.84 Å². The van der Waals surface area contributed by atoms with E-state index in [4.69, 9.17) is 0 Å². The van der Waals surface area contributed by atoms with Crippen molar-refractivity contribution in [2.24, 2.45) is 17.8 Å². The Morgan fingerprint density at radius 2 is 2.25 bits per heavy atom. The molecule has 20 heavy (non-hydrogen) atoms. The minimum absolute atomic E-state index is 0.293. The van der Waals surface area contributed by atoms with Crippen LogP contribution in [0.3, 0.4) is 0 Å². The van der Waals surface area contributed by atoms with Gasteiger partial charge in [-0.2, -0.15) is 0 Å². The van der Waals surface area contributed by atoms with Crippen molar-refractivity contribution in [3.05, 3.63) is 16.6 Å². The molecular weight excluding hydrogens is 292 g/mol. The average molecular weight is 316 g/mol. The van der Waals surface area contributed by atoms with Crippen molar-refractivity contribution in [1.29, 1.82) is 0 Å². The molecule has 1 fully saturated rings. The Bertz CT molecular complexity index is 497. The summed E-state index contributed by atoms with van der Waals surface area (Å²) < 4.78 is 23.4. The number of nitrogens with zero attached hydrogens (tertiary/aromatic N) is 1. The standard InChI is InChI=1S/C14H24N2O2S2/c1-11(2)6-15-7-13(5-14-8-16-10-19-14)12-3-4-20(17,18)9-12/h8,10-13,15H,3-7,9H2,1-2H3. The molecule has 2 rings (SSSR count). The zero-order chi connectivity index (χ0) is 14.6. The fourth-order valence-corrected chi connectivity index (χ4v) is 5.37. The first-order valence-corrected chi connectivity index (χ1v) is 9.95. The largest absolute Gasteiger partial charge is 0.316 e. The van der Waals surface area contributed by atoms with Gasteiger partial charge in [0.15, 0.2) is 9.84 Å². The normalized spacial score (nSPS) is 23.2. The van der Waals surface area contributed by atoms with Crippen LogP contribution in [-0.2, 0) is 16.3 Å². The zero-order valence-corrected chi connectivity index (χ0v) is 13.8. The highest BCUT2D eigenvalue weighted by Gasteiger charge is 2.33. The molecule has 1 aromatic heterocycles. The number of sulfone groups is 1. The van der Waals surface area contributed by atoms with Gasteiger partial charge in [0.25, 0.3) is 0 Å². The molecule has 1 N–H and O–H groups in total. The van der Waals surface area contributed by atoms with E-state index >= 15 is 0 Å². The summed E-state index contributed by atoms with van der Waals surface area (Å²) >= 11 is 1.66. The van der Waals surface area contributed by atoms with E-state index in [9.17, 15) is 8.42 Å². The van der Waals surface area contributed by atoms with Crippen LogP contribution < -0.4 is 5.32 Å². The second-order valence-electron chi connectivity index (χ2n) is 6.15. The number of hydrogen-bond donors (Lipinski definition) is 1. The van der Waals surface area contributed by atoms with E-state index in [1.165, 1.54) is 4.88 Å². The second-order valence-corrected chi connectivity index (χ2v) is 9.35. The predicted octanol–water partition coefficient (Wildman–Crippen LogP) is 1.98. The summed E-state index contributed by atoms with van der Waals surface area (Å²) in [6.45, 7) is 6.26. The van der Waals surface area contributed by atoms with Gasteiger partial charge in [0.05, 0.1) is 17.0 Å². The molecule has 0 saturated carbocycles. The van der Waals surface area contributed by atoms with E-state index in [0.29, 0.717) is 29.3 Å². The SMILES string of the molecule is CC(C)CNCC(Cc1cncs1)C1CCS(=O)(=O)C1. The molecule has 0 aromatic carbocycles. The third-order valence-corrected chi connectivity index (χ3v) is 6.44. The topological polar surface area (TPSA) is 59.1 Å². The molecule has 0 radical (unpaired) electrons. The van der Waals surface area contributed by atoms with Crippen LogP contribution in [0.15, 0.2) is 11.7 Å². The summed E-state index contributed by atoms with van der Waals surface area (Å²) in [4.78, 5) is 5.37. The van der Waals surface area contributed by atoms with Crippen molar-refractivity contribution in [2.45, 2.75) is 26.7 Å². The zero-order valence-electron chi connectivity index (χ0n) is 12.2. The van der Waals surface area contributed by atoms with Gasteiger partial charge in [-0.15, -0.1) is 11.3 Å². The summed E-state index contributed by atoms with van der Waals surface area (Å²) in [5, 5.41) is 3.49. The Balaban J connectivity index is 1.96. The molecule has 2 atom stereocenters. The third-order valence-electron chi connectivity index (χ3n) is 3.84. The van der Waals surface area contributed by atoms with E-state index in [1.54, 1.807) is 11.3 Å². The quantitative estimate of drug-likeness (QED) is 0.836. The summed E-state index contributed by atoms with van der Waals surface area (Å²) in [5.74, 6) is 2.03. The van der Waals surface area contributed by atoms with Crippen molar-refractivity contribution < 1.29 is 8.42 Å². The Morgan fingerprint density at radius 3 is 2.80 bits per heavy atom. The molecule has 1 saturated heterocycles. The number of thiazole rings is 1. The van der Waals surface area contributed by atoms with Crippen molar-refractivity contribution in [3.63, 3.8) is 0 Å². The van der Waals surface area contributed by atoms with Gasteiger partial charge in [0.2, 0.25) is 0 Å². The number of rotatable bonds is 7. The molecule has 4 nitrogen and oxygen atoms in total. The van der Waals surface area contributed by atoms with Crippen LogP contribution in [0, 0.1) is 17.8 Å². The van der Waals surface area contributed by atoms with Crippen LogP contribution in [0.5, 0.6) is 0 Å². The Kier molecular flexibility index (Phi) is 5.57. The lowest BCUT2D eigenvalue weighted by atomic mass is 9.88. The summed E-state index contributed by atoms with van der Waals surface area (Å²) in [7, 11) is -2.80. The molecule has 6 heteroatoms. The lowest BCUT2D eigenvalue weighted by Gasteiger charge is -2.23. The molecule has 114 valence electrons.